The summed E-state index contributed by atoms with van der Waals surface area (Å²) in [6, 6.07) is 2.92. The molecule has 0 saturated heterocycles. The Hall–Kier alpha value is -0.940. The number of aryl methyl sites for hydroxylation is 1. The average molecular weight is 287 g/mol. The number of amides is 1. The highest BCUT2D eigenvalue weighted by molar-refractivity contribution is 9.10. The number of hydrogen-bond acceptors (Lipinski definition) is 2. The van der Waals surface area contributed by atoms with Gasteiger partial charge in [0.25, 0.3) is 0 Å². The van der Waals surface area contributed by atoms with Crippen LogP contribution < -0.4 is 11.1 Å². The molecule has 16 heavy (non-hydrogen) atoms. The first kappa shape index (κ1) is 11.5. The summed E-state index contributed by atoms with van der Waals surface area (Å²) in [5.74, 6) is -0.639. The number of nitrogens with two attached hydrogens (primary N) is 1. The van der Waals surface area contributed by atoms with Gasteiger partial charge >= 0.3 is 0 Å². The van der Waals surface area contributed by atoms with Gasteiger partial charge in [-0.2, -0.15) is 0 Å². The average Bonchev–Trinajstić information content (AvgIpc) is 2.94. The van der Waals surface area contributed by atoms with Crippen molar-refractivity contribution in [1.82, 2.24) is 0 Å². The van der Waals surface area contributed by atoms with Gasteiger partial charge in [-0.3, -0.25) is 4.79 Å². The molecule has 0 heterocycles. The number of nitrogens with one attached hydrogen (secondary N) is 1. The second kappa shape index (κ2) is 3.82. The van der Waals surface area contributed by atoms with Crippen molar-refractivity contribution in [2.75, 3.05) is 5.32 Å². The maximum absolute atomic E-state index is 13.3. The van der Waals surface area contributed by atoms with E-state index >= 15 is 0 Å². The minimum Gasteiger partial charge on any atom is -0.324 e. The van der Waals surface area contributed by atoms with Crippen LogP contribution in [0.25, 0.3) is 0 Å². The van der Waals surface area contributed by atoms with Crippen LogP contribution in [0.4, 0.5) is 10.1 Å². The van der Waals surface area contributed by atoms with Gasteiger partial charge in [0.05, 0.1) is 10.0 Å². The molecule has 5 heteroatoms. The first-order valence-electron chi connectivity index (χ1n) is 4.98. The summed E-state index contributed by atoms with van der Waals surface area (Å²) >= 11 is 3.09. The van der Waals surface area contributed by atoms with Gasteiger partial charge in [-0.05, 0) is 53.4 Å². The van der Waals surface area contributed by atoms with Crippen LogP contribution in [0.2, 0.25) is 0 Å². The number of benzene rings is 1. The van der Waals surface area contributed by atoms with E-state index in [-0.39, 0.29) is 5.91 Å². The third-order valence-corrected chi connectivity index (χ3v) is 3.36. The van der Waals surface area contributed by atoms with Crippen LogP contribution in [0.1, 0.15) is 18.4 Å². The second-order valence-electron chi connectivity index (χ2n) is 4.19. The SMILES string of the molecule is Cc1cc(Br)c(F)cc1NC(=O)C1(N)CC1. The summed E-state index contributed by atoms with van der Waals surface area (Å²) in [6.45, 7) is 1.80. The second-order valence-corrected chi connectivity index (χ2v) is 5.05. The molecule has 1 aromatic carbocycles. The molecule has 1 saturated carbocycles. The Morgan fingerprint density at radius 2 is 2.19 bits per heavy atom. The molecule has 1 amide bonds. The number of carbonyl (C=O) groups excluding carboxylic acids is 1. The highest BCUT2D eigenvalue weighted by atomic mass is 79.9. The topological polar surface area (TPSA) is 55.1 Å². The number of hydrogen-bond donors (Lipinski definition) is 2. The fourth-order valence-electron chi connectivity index (χ4n) is 1.39. The summed E-state index contributed by atoms with van der Waals surface area (Å²) < 4.78 is 13.7. The van der Waals surface area contributed by atoms with Crippen molar-refractivity contribution in [2.45, 2.75) is 25.3 Å². The predicted molar refractivity (Wildman–Crippen MR) is 63.6 cm³/mol. The van der Waals surface area contributed by atoms with Crippen molar-refractivity contribution in [1.29, 1.82) is 0 Å². The number of carbonyl (C=O) groups is 1. The molecule has 1 fully saturated rings. The van der Waals surface area contributed by atoms with Crippen LogP contribution in [0.5, 0.6) is 0 Å². The van der Waals surface area contributed by atoms with Crippen molar-refractivity contribution in [3.63, 3.8) is 0 Å². The van der Waals surface area contributed by atoms with E-state index in [0.717, 1.165) is 5.56 Å². The van der Waals surface area contributed by atoms with Crippen molar-refractivity contribution in [3.8, 4) is 0 Å². The first-order chi connectivity index (χ1) is 7.42. The zero-order valence-corrected chi connectivity index (χ0v) is 10.4. The zero-order chi connectivity index (χ0) is 11.9. The van der Waals surface area contributed by atoms with E-state index in [9.17, 15) is 9.18 Å². The summed E-state index contributed by atoms with van der Waals surface area (Å²) in [5, 5.41) is 2.66. The van der Waals surface area contributed by atoms with Crippen molar-refractivity contribution >= 4 is 27.5 Å². The normalized spacial score (nSPS) is 17.0. The smallest absolute Gasteiger partial charge is 0.244 e. The minimum atomic E-state index is -0.740. The molecular weight excluding hydrogens is 275 g/mol. The summed E-state index contributed by atoms with van der Waals surface area (Å²) in [6.07, 6.45) is 1.38. The molecular formula is C11H12BrFN2O. The molecule has 1 aliphatic rings. The van der Waals surface area contributed by atoms with Gasteiger partial charge in [0, 0.05) is 5.69 Å². The van der Waals surface area contributed by atoms with E-state index in [4.69, 9.17) is 5.73 Å². The molecule has 1 aliphatic carbocycles. The van der Waals surface area contributed by atoms with E-state index in [1.54, 1.807) is 13.0 Å². The van der Waals surface area contributed by atoms with Gasteiger partial charge in [0.2, 0.25) is 5.91 Å². The highest BCUT2D eigenvalue weighted by Crippen LogP contribution is 2.34. The lowest BCUT2D eigenvalue weighted by Gasteiger charge is -2.12. The molecule has 0 spiro atoms. The lowest BCUT2D eigenvalue weighted by molar-refractivity contribution is -0.118. The van der Waals surface area contributed by atoms with Crippen LogP contribution in [0.3, 0.4) is 0 Å². The largest absolute Gasteiger partial charge is 0.324 e. The van der Waals surface area contributed by atoms with Crippen LogP contribution in [0.15, 0.2) is 16.6 Å². The van der Waals surface area contributed by atoms with E-state index in [1.165, 1.54) is 6.07 Å². The monoisotopic (exact) mass is 286 g/mol. The van der Waals surface area contributed by atoms with Crippen molar-refractivity contribution in [2.24, 2.45) is 5.73 Å². The molecule has 3 nitrogen and oxygen atoms in total. The van der Waals surface area contributed by atoms with E-state index in [2.05, 4.69) is 21.2 Å². The first-order valence-corrected chi connectivity index (χ1v) is 5.78. The molecule has 0 atom stereocenters. The Morgan fingerprint density at radius 1 is 1.56 bits per heavy atom. The molecule has 0 aliphatic heterocycles. The highest BCUT2D eigenvalue weighted by Gasteiger charge is 2.46. The van der Waals surface area contributed by atoms with Crippen LogP contribution in [-0.2, 0) is 4.79 Å². The lowest BCUT2D eigenvalue weighted by Crippen LogP contribution is -2.38. The molecule has 1 aromatic rings. The van der Waals surface area contributed by atoms with Crippen LogP contribution in [0, 0.1) is 12.7 Å². The Labute approximate surface area is 101 Å². The lowest BCUT2D eigenvalue weighted by atomic mass is 10.2. The molecule has 2 rings (SSSR count). The van der Waals surface area contributed by atoms with E-state index in [0.29, 0.717) is 23.0 Å². The van der Waals surface area contributed by atoms with Crippen molar-refractivity contribution < 1.29 is 9.18 Å². The Kier molecular flexibility index (Phi) is 2.75. The minimum absolute atomic E-state index is 0.239. The number of rotatable bonds is 2. The van der Waals surface area contributed by atoms with Gasteiger partial charge in [-0.15, -0.1) is 0 Å². The third-order valence-electron chi connectivity index (χ3n) is 2.76. The Balaban J connectivity index is 2.21. The quantitative estimate of drug-likeness (QED) is 0.877. The molecule has 0 bridgehead atoms. The fraction of sp³-hybridized carbons (Fsp3) is 0.364. The molecule has 0 radical (unpaired) electrons. The zero-order valence-electron chi connectivity index (χ0n) is 8.81. The molecule has 86 valence electrons. The predicted octanol–water partition coefficient (Wildman–Crippen LogP) is 2.33. The fourth-order valence-corrected chi connectivity index (χ4v) is 1.85. The maximum Gasteiger partial charge on any atom is 0.244 e. The summed E-state index contributed by atoms with van der Waals surface area (Å²) in [5.41, 5.74) is 6.27. The molecule has 3 N–H and O–H groups in total. The third kappa shape index (κ3) is 2.10. The van der Waals surface area contributed by atoms with Gasteiger partial charge < -0.3 is 11.1 Å². The summed E-state index contributed by atoms with van der Waals surface area (Å²) in [7, 11) is 0. The van der Waals surface area contributed by atoms with Crippen molar-refractivity contribution in [3.05, 3.63) is 28.0 Å². The van der Waals surface area contributed by atoms with Gasteiger partial charge in [0.1, 0.15) is 5.82 Å². The van der Waals surface area contributed by atoms with E-state index < -0.39 is 11.4 Å². The Morgan fingerprint density at radius 3 is 2.75 bits per heavy atom. The number of halogens is 2. The van der Waals surface area contributed by atoms with E-state index in [1.807, 2.05) is 0 Å². The van der Waals surface area contributed by atoms with Gasteiger partial charge in [0.15, 0.2) is 0 Å². The molecule has 0 unspecified atom stereocenters. The maximum atomic E-state index is 13.3. The summed E-state index contributed by atoms with van der Waals surface area (Å²) in [4.78, 5) is 11.7. The van der Waals surface area contributed by atoms with Crippen LogP contribution in [-0.4, -0.2) is 11.4 Å². The van der Waals surface area contributed by atoms with Gasteiger partial charge in [-0.1, -0.05) is 0 Å². The van der Waals surface area contributed by atoms with Crippen LogP contribution >= 0.6 is 15.9 Å². The van der Waals surface area contributed by atoms with Gasteiger partial charge in [-0.25, -0.2) is 4.39 Å². The Bertz CT molecular complexity index is 458. The molecule has 0 aromatic heterocycles. The standard InChI is InChI=1S/C11H12BrFN2O/c1-6-4-7(12)8(13)5-9(6)15-10(16)11(14)2-3-11/h4-5H,2-3,14H2,1H3,(H,15,16). The number of anilines is 1.